The summed E-state index contributed by atoms with van der Waals surface area (Å²) in [6.45, 7) is 0. The average Bonchev–Trinajstić information content (AvgIpc) is 3.93. The van der Waals surface area contributed by atoms with Gasteiger partial charge in [-0.2, -0.15) is 0 Å². The summed E-state index contributed by atoms with van der Waals surface area (Å²) in [6, 6.07) is 103. The van der Waals surface area contributed by atoms with Crippen molar-refractivity contribution in [1.82, 2.24) is 19.5 Å². The maximum Gasteiger partial charge on any atom is 0.179 e. The van der Waals surface area contributed by atoms with Crippen LogP contribution in [0.1, 0.15) is 45.2 Å². The monoisotopic (exact) mass is 984 g/mol. The second kappa shape index (κ2) is 17.8. The minimum atomic E-state index is -2.98. The summed E-state index contributed by atoms with van der Waals surface area (Å²) in [7, 11) is -2.98. The van der Waals surface area contributed by atoms with Crippen LogP contribution in [0.15, 0.2) is 279 Å². The molecule has 5 heteroatoms. The van der Waals surface area contributed by atoms with Crippen molar-refractivity contribution < 1.29 is 0 Å². The van der Waals surface area contributed by atoms with E-state index in [2.05, 4.69) is 278 Å². The van der Waals surface area contributed by atoms with Crippen molar-refractivity contribution in [2.45, 2.75) is 11.8 Å². The Hall–Kier alpha value is -9.55. The summed E-state index contributed by atoms with van der Waals surface area (Å²) in [6.07, 6.45) is 0. The van der Waals surface area contributed by atoms with Crippen LogP contribution in [0.5, 0.6) is 0 Å². The van der Waals surface area contributed by atoms with Crippen LogP contribution >= 0.6 is 0 Å². The number of hydrogen-bond donors (Lipinski definition) is 0. The van der Waals surface area contributed by atoms with E-state index < -0.39 is 8.07 Å². The van der Waals surface area contributed by atoms with Gasteiger partial charge in [-0.3, -0.25) is 0 Å². The molecule has 0 radical (unpaired) electrons. The highest BCUT2D eigenvalue weighted by atomic mass is 28.3. The van der Waals surface area contributed by atoms with Crippen LogP contribution < -0.4 is 20.7 Å². The van der Waals surface area contributed by atoms with Crippen LogP contribution in [0.4, 0.5) is 0 Å². The first-order chi connectivity index (χ1) is 37.8. The van der Waals surface area contributed by atoms with Gasteiger partial charge in [-0.05, 0) is 89.5 Å². The first-order valence-electron chi connectivity index (χ1n) is 26.3. The van der Waals surface area contributed by atoms with Crippen LogP contribution in [-0.2, 0) is 0 Å². The van der Waals surface area contributed by atoms with Crippen LogP contribution in [0.3, 0.4) is 0 Å². The molecule has 0 fully saturated rings. The van der Waals surface area contributed by atoms with E-state index in [1.807, 2.05) is 6.07 Å². The third-order valence-electron chi connectivity index (χ3n) is 16.2. The predicted octanol–water partition coefficient (Wildman–Crippen LogP) is 14.0. The van der Waals surface area contributed by atoms with Gasteiger partial charge in [-0.15, -0.1) is 0 Å². The Kier molecular flexibility index (Phi) is 10.3. The SMILES string of the molecule is c1ccc(-c2nc(-c3ccccc3-c3cccc4c3C3c5ccccc5C4c4cccc([Si](c5ccccc5)(c5ccccc5)c5ccccc5)c43)nc(-c3ccccc3-n3c4ccccc4c4ccccc43)n2)cc1. The van der Waals surface area contributed by atoms with E-state index in [1.54, 1.807) is 0 Å². The Balaban J connectivity index is 0.971. The highest BCUT2D eigenvalue weighted by Gasteiger charge is 2.49. The van der Waals surface area contributed by atoms with Crippen molar-refractivity contribution in [3.8, 4) is 51.0 Å². The molecule has 3 aliphatic carbocycles. The lowest BCUT2D eigenvalue weighted by Gasteiger charge is -2.47. The van der Waals surface area contributed by atoms with Gasteiger partial charge in [0.25, 0.3) is 0 Å². The standard InChI is InChI=1S/C71H48N4Si/c1-5-25-47(26-6-1)69-72-70(74-71(73-69)58-39-19-22-45-63(58)75-61-43-20-17-34-52(61)53-35-18-21-44-62(53)75)57-38-16-13-33-51(57)54-40-23-41-59-65-55-36-14-15-37-56(55)68(66(54)59)67-60(65)42-24-46-64(67)76(48-27-7-2-8-28-48,49-29-9-3-10-30-49)50-31-11-4-12-32-50/h1-46,65,68H. The zero-order valence-corrected chi connectivity index (χ0v) is 42.5. The Bertz CT molecular complexity index is 4210. The van der Waals surface area contributed by atoms with Crippen molar-refractivity contribution in [1.29, 1.82) is 0 Å². The molecule has 356 valence electrons. The van der Waals surface area contributed by atoms with E-state index in [4.69, 9.17) is 15.0 Å². The second-order valence-electron chi connectivity index (χ2n) is 20.1. The van der Waals surface area contributed by atoms with Gasteiger partial charge in [-0.25, -0.2) is 15.0 Å². The normalized spacial score (nSPS) is 14.3. The van der Waals surface area contributed by atoms with Gasteiger partial charge in [0.15, 0.2) is 25.5 Å². The molecule has 0 N–H and O–H groups in total. The van der Waals surface area contributed by atoms with E-state index >= 15 is 0 Å². The van der Waals surface area contributed by atoms with Gasteiger partial charge in [-0.1, -0.05) is 255 Å². The molecule has 0 aliphatic heterocycles. The van der Waals surface area contributed by atoms with Gasteiger partial charge in [0, 0.05) is 39.3 Å². The van der Waals surface area contributed by atoms with Gasteiger partial charge in [0.1, 0.15) is 0 Å². The molecule has 0 amide bonds. The smallest absolute Gasteiger partial charge is 0.179 e. The van der Waals surface area contributed by atoms with Gasteiger partial charge in [0.2, 0.25) is 0 Å². The minimum Gasteiger partial charge on any atom is -0.309 e. The van der Waals surface area contributed by atoms with Crippen LogP contribution in [0, 0.1) is 0 Å². The third kappa shape index (κ3) is 6.65. The Labute approximate surface area is 443 Å². The highest BCUT2D eigenvalue weighted by molar-refractivity contribution is 7.20. The Morgan fingerprint density at radius 2 is 0.711 bits per heavy atom. The van der Waals surface area contributed by atoms with E-state index in [9.17, 15) is 0 Å². The number of fused-ring (bicyclic) bond motifs is 3. The fourth-order valence-electron chi connectivity index (χ4n) is 13.2. The van der Waals surface area contributed by atoms with E-state index in [0.29, 0.717) is 17.5 Å². The molecular weight excluding hydrogens is 937 g/mol. The number of aromatic nitrogens is 4. The highest BCUT2D eigenvalue weighted by Crippen LogP contribution is 2.58. The van der Waals surface area contributed by atoms with Crippen molar-refractivity contribution in [2.24, 2.45) is 0 Å². The lowest BCUT2D eigenvalue weighted by atomic mass is 9.60. The molecule has 4 nitrogen and oxygen atoms in total. The zero-order chi connectivity index (χ0) is 50.2. The van der Waals surface area contributed by atoms with Crippen LogP contribution in [0.2, 0.25) is 0 Å². The molecule has 2 aromatic heterocycles. The fraction of sp³-hybridized carbons (Fsp3) is 0.0282. The number of para-hydroxylation sites is 3. The van der Waals surface area contributed by atoms with Crippen LogP contribution in [0.25, 0.3) is 72.8 Å². The van der Waals surface area contributed by atoms with Crippen LogP contribution in [-0.4, -0.2) is 27.6 Å². The number of benzene rings is 11. The molecule has 3 aliphatic rings. The molecule has 0 saturated carbocycles. The third-order valence-corrected chi connectivity index (χ3v) is 21.1. The summed E-state index contributed by atoms with van der Waals surface area (Å²) in [5, 5.41) is 7.95. The summed E-state index contributed by atoms with van der Waals surface area (Å²) in [5.74, 6) is 1.85. The summed E-state index contributed by atoms with van der Waals surface area (Å²) >= 11 is 0. The van der Waals surface area contributed by atoms with Crippen molar-refractivity contribution in [3.05, 3.63) is 312 Å². The predicted molar refractivity (Wildman–Crippen MR) is 314 cm³/mol. The molecule has 0 saturated heterocycles. The van der Waals surface area contributed by atoms with E-state index in [-0.39, 0.29) is 11.8 Å². The summed E-state index contributed by atoms with van der Waals surface area (Å²) in [5.41, 5.74) is 16.7. The van der Waals surface area contributed by atoms with Gasteiger partial charge in [0.05, 0.1) is 16.7 Å². The quantitative estimate of drug-likeness (QED) is 0.107. The lowest BCUT2D eigenvalue weighted by molar-refractivity contribution is 0.760. The zero-order valence-electron chi connectivity index (χ0n) is 41.5. The van der Waals surface area contributed by atoms with Crippen molar-refractivity contribution in [3.63, 3.8) is 0 Å². The van der Waals surface area contributed by atoms with E-state index in [0.717, 1.165) is 39.0 Å². The minimum absolute atomic E-state index is 0.0399. The fourth-order valence-corrected chi connectivity index (χ4v) is 18.2. The van der Waals surface area contributed by atoms with Crippen molar-refractivity contribution in [2.75, 3.05) is 0 Å². The Morgan fingerprint density at radius 3 is 1.33 bits per heavy atom. The molecule has 76 heavy (non-hydrogen) atoms. The first-order valence-corrected chi connectivity index (χ1v) is 28.3. The molecule has 2 atom stereocenters. The maximum absolute atomic E-state index is 5.57. The number of rotatable bonds is 9. The first kappa shape index (κ1) is 44.0. The van der Waals surface area contributed by atoms with Gasteiger partial charge >= 0.3 is 0 Å². The second-order valence-corrected chi connectivity index (χ2v) is 23.8. The molecule has 0 spiro atoms. The number of hydrogen-bond acceptors (Lipinski definition) is 3. The Morgan fingerprint density at radius 1 is 0.289 bits per heavy atom. The molecular formula is C71H48N4Si. The van der Waals surface area contributed by atoms with Gasteiger partial charge < -0.3 is 4.57 Å². The molecule has 2 unspecified atom stereocenters. The topological polar surface area (TPSA) is 43.6 Å². The largest absolute Gasteiger partial charge is 0.309 e. The maximum atomic E-state index is 5.57. The molecule has 2 heterocycles. The van der Waals surface area contributed by atoms with E-state index in [1.165, 1.54) is 70.5 Å². The summed E-state index contributed by atoms with van der Waals surface area (Å²) < 4.78 is 2.36. The lowest BCUT2D eigenvalue weighted by Crippen LogP contribution is -2.75. The summed E-state index contributed by atoms with van der Waals surface area (Å²) in [4.78, 5) is 16.4. The molecule has 2 bridgehead atoms. The van der Waals surface area contributed by atoms with Crippen molar-refractivity contribution >= 4 is 50.6 Å². The molecule has 16 rings (SSSR count). The average molecular weight is 985 g/mol. The molecule has 11 aromatic carbocycles. The molecule has 13 aromatic rings. The number of nitrogens with zero attached hydrogens (tertiary/aromatic N) is 4.